The molecule has 1 fully saturated rings. The van der Waals surface area contributed by atoms with E-state index in [9.17, 15) is 4.79 Å². The minimum atomic E-state index is 0.0380. The zero-order chi connectivity index (χ0) is 11.3. The van der Waals surface area contributed by atoms with Gasteiger partial charge in [-0.15, -0.1) is 0 Å². The molecule has 0 aliphatic carbocycles. The van der Waals surface area contributed by atoms with Gasteiger partial charge in [-0.3, -0.25) is 4.79 Å². The van der Waals surface area contributed by atoms with E-state index in [0.717, 1.165) is 32.5 Å². The van der Waals surface area contributed by atoms with Crippen LogP contribution in [0.15, 0.2) is 0 Å². The van der Waals surface area contributed by atoms with Gasteiger partial charge in [-0.25, -0.2) is 0 Å². The molecule has 0 aromatic carbocycles. The monoisotopic (exact) mass is 214 g/mol. The highest BCUT2D eigenvalue weighted by molar-refractivity contribution is 5.83. The third-order valence-corrected chi connectivity index (χ3v) is 2.67. The molecule has 4 heteroatoms. The topological polar surface area (TPSA) is 41.6 Å². The molecule has 15 heavy (non-hydrogen) atoms. The van der Waals surface area contributed by atoms with E-state index in [1.54, 1.807) is 0 Å². The number of amides is 1. The fourth-order valence-electron chi connectivity index (χ4n) is 1.80. The SMILES string of the molecule is CNC1CCN(CCCOC(C)C)C1=O. The predicted octanol–water partition coefficient (Wildman–Crippen LogP) is 0.622. The minimum absolute atomic E-state index is 0.0380. The average molecular weight is 214 g/mol. The van der Waals surface area contributed by atoms with Crippen LogP contribution in [0.4, 0.5) is 0 Å². The maximum atomic E-state index is 11.7. The van der Waals surface area contributed by atoms with Gasteiger partial charge >= 0.3 is 0 Å². The highest BCUT2D eigenvalue weighted by Gasteiger charge is 2.29. The lowest BCUT2D eigenvalue weighted by atomic mass is 10.3. The highest BCUT2D eigenvalue weighted by Crippen LogP contribution is 2.10. The van der Waals surface area contributed by atoms with Crippen LogP contribution in [0.25, 0.3) is 0 Å². The molecule has 1 amide bonds. The van der Waals surface area contributed by atoms with Crippen LogP contribution < -0.4 is 5.32 Å². The Hall–Kier alpha value is -0.610. The largest absolute Gasteiger partial charge is 0.379 e. The Morgan fingerprint density at radius 1 is 1.60 bits per heavy atom. The summed E-state index contributed by atoms with van der Waals surface area (Å²) in [6.45, 7) is 6.50. The molecule has 0 aromatic rings. The van der Waals surface area contributed by atoms with E-state index in [4.69, 9.17) is 4.74 Å². The van der Waals surface area contributed by atoms with Gasteiger partial charge in [0.1, 0.15) is 0 Å². The van der Waals surface area contributed by atoms with Crippen molar-refractivity contribution < 1.29 is 9.53 Å². The molecular formula is C11H22N2O2. The van der Waals surface area contributed by atoms with Crippen molar-refractivity contribution in [2.75, 3.05) is 26.7 Å². The number of ether oxygens (including phenoxy) is 1. The standard InChI is InChI=1S/C11H22N2O2/c1-9(2)15-8-4-6-13-7-5-10(12-3)11(13)14/h9-10,12H,4-8H2,1-3H3. The van der Waals surface area contributed by atoms with Crippen LogP contribution in [0.3, 0.4) is 0 Å². The number of carbonyl (C=O) groups is 1. The average Bonchev–Trinajstić information content (AvgIpc) is 2.54. The van der Waals surface area contributed by atoms with Gasteiger partial charge in [-0.2, -0.15) is 0 Å². The van der Waals surface area contributed by atoms with Gasteiger partial charge in [0.15, 0.2) is 0 Å². The zero-order valence-electron chi connectivity index (χ0n) is 9.95. The lowest BCUT2D eigenvalue weighted by molar-refractivity contribution is -0.129. The Bertz CT molecular complexity index is 207. The number of carbonyl (C=O) groups excluding carboxylic acids is 1. The number of likely N-dealkylation sites (N-methyl/N-ethyl adjacent to an activating group) is 1. The smallest absolute Gasteiger partial charge is 0.239 e. The first-order chi connectivity index (χ1) is 7.15. The first-order valence-electron chi connectivity index (χ1n) is 5.72. The number of rotatable bonds is 6. The predicted molar refractivity (Wildman–Crippen MR) is 59.7 cm³/mol. The summed E-state index contributed by atoms with van der Waals surface area (Å²) in [6, 6.07) is 0.0380. The van der Waals surface area contributed by atoms with E-state index in [2.05, 4.69) is 5.32 Å². The maximum Gasteiger partial charge on any atom is 0.239 e. The van der Waals surface area contributed by atoms with Crippen LogP contribution in [0.2, 0.25) is 0 Å². The molecule has 0 aromatic heterocycles. The van der Waals surface area contributed by atoms with E-state index in [1.165, 1.54) is 0 Å². The second-order valence-electron chi connectivity index (χ2n) is 4.23. The van der Waals surface area contributed by atoms with Gasteiger partial charge < -0.3 is 15.0 Å². The lowest BCUT2D eigenvalue weighted by Gasteiger charge is -2.16. The summed E-state index contributed by atoms with van der Waals surface area (Å²) >= 11 is 0. The minimum Gasteiger partial charge on any atom is -0.379 e. The second kappa shape index (κ2) is 6.08. The van der Waals surface area contributed by atoms with Crippen LogP contribution in [0.5, 0.6) is 0 Å². The molecule has 0 saturated carbocycles. The fourth-order valence-corrected chi connectivity index (χ4v) is 1.80. The number of nitrogens with one attached hydrogen (secondary N) is 1. The molecule has 0 bridgehead atoms. The van der Waals surface area contributed by atoms with Crippen molar-refractivity contribution in [1.29, 1.82) is 0 Å². The molecule has 1 atom stereocenters. The van der Waals surface area contributed by atoms with Crippen molar-refractivity contribution in [3.05, 3.63) is 0 Å². The summed E-state index contributed by atoms with van der Waals surface area (Å²) < 4.78 is 5.44. The number of likely N-dealkylation sites (tertiary alicyclic amines) is 1. The summed E-state index contributed by atoms with van der Waals surface area (Å²) in [5.74, 6) is 0.238. The normalized spacial score (nSPS) is 21.7. The van der Waals surface area contributed by atoms with E-state index in [-0.39, 0.29) is 18.1 Å². The molecular weight excluding hydrogens is 192 g/mol. The summed E-state index contributed by atoms with van der Waals surface area (Å²) in [4.78, 5) is 13.6. The van der Waals surface area contributed by atoms with Gasteiger partial charge in [0.05, 0.1) is 12.1 Å². The Labute approximate surface area is 92.0 Å². The van der Waals surface area contributed by atoms with Crippen molar-refractivity contribution in [2.45, 2.75) is 38.8 Å². The van der Waals surface area contributed by atoms with Gasteiger partial charge in [-0.05, 0) is 33.7 Å². The number of hydrogen-bond acceptors (Lipinski definition) is 3. The maximum absolute atomic E-state index is 11.7. The molecule has 1 N–H and O–H groups in total. The molecule has 1 saturated heterocycles. The summed E-state index contributed by atoms with van der Waals surface area (Å²) in [5.41, 5.74) is 0. The van der Waals surface area contributed by atoms with Crippen molar-refractivity contribution in [3.63, 3.8) is 0 Å². The van der Waals surface area contributed by atoms with Crippen LogP contribution >= 0.6 is 0 Å². The van der Waals surface area contributed by atoms with E-state index in [1.807, 2.05) is 25.8 Å². The van der Waals surface area contributed by atoms with Crippen molar-refractivity contribution in [2.24, 2.45) is 0 Å². The molecule has 0 radical (unpaired) electrons. The van der Waals surface area contributed by atoms with Crippen LogP contribution in [-0.2, 0) is 9.53 Å². The van der Waals surface area contributed by atoms with Gasteiger partial charge in [0.2, 0.25) is 5.91 Å². The molecule has 88 valence electrons. The highest BCUT2D eigenvalue weighted by atomic mass is 16.5. The zero-order valence-corrected chi connectivity index (χ0v) is 9.95. The quantitative estimate of drug-likeness (QED) is 0.659. The molecule has 0 spiro atoms. The van der Waals surface area contributed by atoms with E-state index < -0.39 is 0 Å². The van der Waals surface area contributed by atoms with E-state index >= 15 is 0 Å². The van der Waals surface area contributed by atoms with Crippen LogP contribution in [-0.4, -0.2) is 49.7 Å². The first kappa shape index (κ1) is 12.5. The van der Waals surface area contributed by atoms with Crippen LogP contribution in [0.1, 0.15) is 26.7 Å². The molecule has 1 aliphatic heterocycles. The summed E-state index contributed by atoms with van der Waals surface area (Å²) in [6.07, 6.45) is 2.14. The third-order valence-electron chi connectivity index (χ3n) is 2.67. The van der Waals surface area contributed by atoms with Gasteiger partial charge in [0, 0.05) is 19.7 Å². The third kappa shape index (κ3) is 3.80. The summed E-state index contributed by atoms with van der Waals surface area (Å²) in [7, 11) is 1.84. The Morgan fingerprint density at radius 2 is 2.33 bits per heavy atom. The van der Waals surface area contributed by atoms with Gasteiger partial charge in [-0.1, -0.05) is 0 Å². The lowest BCUT2D eigenvalue weighted by Crippen LogP contribution is -2.36. The number of hydrogen-bond donors (Lipinski definition) is 1. The van der Waals surface area contributed by atoms with Crippen molar-refractivity contribution in [3.8, 4) is 0 Å². The molecule has 1 heterocycles. The second-order valence-corrected chi connectivity index (χ2v) is 4.23. The first-order valence-corrected chi connectivity index (χ1v) is 5.72. The molecule has 1 rings (SSSR count). The fraction of sp³-hybridized carbons (Fsp3) is 0.909. The Balaban J connectivity index is 2.15. The van der Waals surface area contributed by atoms with Gasteiger partial charge in [0.25, 0.3) is 0 Å². The Morgan fingerprint density at radius 3 is 2.87 bits per heavy atom. The Kier molecular flexibility index (Phi) is 5.05. The van der Waals surface area contributed by atoms with Crippen molar-refractivity contribution in [1.82, 2.24) is 10.2 Å². The molecule has 1 aliphatic rings. The number of nitrogens with zero attached hydrogens (tertiary/aromatic N) is 1. The summed E-state index contributed by atoms with van der Waals surface area (Å²) in [5, 5.41) is 3.03. The van der Waals surface area contributed by atoms with Crippen LogP contribution in [0, 0.1) is 0 Å². The molecule has 4 nitrogen and oxygen atoms in total. The van der Waals surface area contributed by atoms with E-state index in [0.29, 0.717) is 0 Å². The van der Waals surface area contributed by atoms with Crippen molar-refractivity contribution >= 4 is 5.91 Å². The molecule has 1 unspecified atom stereocenters.